The third-order valence-corrected chi connectivity index (χ3v) is 4.75. The number of hydrogen-bond donors (Lipinski definition) is 2. The van der Waals surface area contributed by atoms with Crippen LogP contribution >= 0.6 is 11.3 Å². The first-order valence-corrected chi connectivity index (χ1v) is 7.22. The first-order chi connectivity index (χ1) is 8.54. The Labute approximate surface area is 111 Å². The zero-order valence-corrected chi connectivity index (χ0v) is 11.7. The van der Waals surface area contributed by atoms with Gasteiger partial charge in [0.15, 0.2) is 5.13 Å². The Balaban J connectivity index is 1.61. The summed E-state index contributed by atoms with van der Waals surface area (Å²) in [5, 5.41) is 4.19. The number of anilines is 1. The summed E-state index contributed by atoms with van der Waals surface area (Å²) in [4.78, 5) is 4.27. The molecule has 96 valence electrons. The summed E-state index contributed by atoms with van der Waals surface area (Å²) in [6, 6.07) is 6.38. The lowest BCUT2D eigenvalue weighted by Gasteiger charge is -2.06. The Morgan fingerprint density at radius 2 is 2.28 bits per heavy atom. The van der Waals surface area contributed by atoms with E-state index in [0.29, 0.717) is 10.5 Å². The maximum absolute atomic E-state index is 5.71. The van der Waals surface area contributed by atoms with Crippen LogP contribution in [0.5, 0.6) is 0 Å². The van der Waals surface area contributed by atoms with Crippen molar-refractivity contribution in [3.63, 3.8) is 0 Å². The fourth-order valence-electron chi connectivity index (χ4n) is 2.41. The van der Waals surface area contributed by atoms with Crippen molar-refractivity contribution in [3.8, 4) is 0 Å². The summed E-state index contributed by atoms with van der Waals surface area (Å²) in [6.45, 7) is 6.73. The van der Waals surface area contributed by atoms with Gasteiger partial charge in [0.2, 0.25) is 0 Å². The molecule has 18 heavy (non-hydrogen) atoms. The van der Waals surface area contributed by atoms with Crippen LogP contribution in [0.2, 0.25) is 0 Å². The molecule has 0 amide bonds. The summed E-state index contributed by atoms with van der Waals surface area (Å²) in [5.41, 5.74) is 8.58. The Hall–Kier alpha value is -1.13. The number of nitrogen functional groups attached to an aromatic ring is 1. The molecule has 0 bridgehead atoms. The lowest BCUT2D eigenvalue weighted by Crippen LogP contribution is -2.17. The molecule has 1 unspecified atom stereocenters. The van der Waals surface area contributed by atoms with Gasteiger partial charge >= 0.3 is 0 Å². The van der Waals surface area contributed by atoms with Crippen LogP contribution in [0, 0.1) is 11.3 Å². The average Bonchev–Trinajstić information content (AvgIpc) is 2.74. The smallest absolute Gasteiger partial charge is 0.181 e. The van der Waals surface area contributed by atoms with E-state index in [4.69, 9.17) is 5.73 Å². The number of nitrogens with zero attached hydrogens (tertiary/aromatic N) is 1. The monoisotopic (exact) mass is 261 g/mol. The van der Waals surface area contributed by atoms with Crippen molar-refractivity contribution in [2.24, 2.45) is 11.3 Å². The number of fused-ring (bicyclic) bond motifs is 1. The van der Waals surface area contributed by atoms with E-state index in [1.165, 1.54) is 16.7 Å². The molecule has 1 atom stereocenters. The standard InChI is InChI=1S/C14H19N3S/c1-14(2)6-10(14)8-16-7-9-3-4-11-12(5-9)18-13(15)17-11/h3-5,10,16H,6-8H2,1-2H3,(H2,15,17). The van der Waals surface area contributed by atoms with Crippen molar-refractivity contribution in [1.82, 2.24) is 10.3 Å². The van der Waals surface area contributed by atoms with Gasteiger partial charge in [-0.3, -0.25) is 0 Å². The van der Waals surface area contributed by atoms with Gasteiger partial charge in [-0.25, -0.2) is 4.98 Å². The number of benzene rings is 1. The number of rotatable bonds is 4. The van der Waals surface area contributed by atoms with Crippen molar-refractivity contribution < 1.29 is 0 Å². The van der Waals surface area contributed by atoms with Gasteiger partial charge in [-0.05, 0) is 42.0 Å². The molecule has 1 aliphatic carbocycles. The van der Waals surface area contributed by atoms with Crippen LogP contribution in [0.25, 0.3) is 10.2 Å². The molecule has 4 heteroatoms. The maximum atomic E-state index is 5.71. The molecule has 3 nitrogen and oxygen atoms in total. The second-order valence-corrected chi connectivity index (χ2v) is 6.94. The van der Waals surface area contributed by atoms with Crippen molar-refractivity contribution in [3.05, 3.63) is 23.8 Å². The molecule has 1 saturated carbocycles. The largest absolute Gasteiger partial charge is 0.375 e. The zero-order chi connectivity index (χ0) is 12.8. The maximum Gasteiger partial charge on any atom is 0.181 e. The summed E-state index contributed by atoms with van der Waals surface area (Å²) in [6.07, 6.45) is 1.35. The normalized spacial score (nSPS) is 21.3. The summed E-state index contributed by atoms with van der Waals surface area (Å²) >= 11 is 1.56. The number of nitrogens with two attached hydrogens (primary N) is 1. The minimum Gasteiger partial charge on any atom is -0.375 e. The summed E-state index contributed by atoms with van der Waals surface area (Å²) in [7, 11) is 0. The highest BCUT2D eigenvalue weighted by Crippen LogP contribution is 2.50. The highest BCUT2D eigenvalue weighted by molar-refractivity contribution is 7.22. The first kappa shape index (κ1) is 11.9. The van der Waals surface area contributed by atoms with Crippen LogP contribution in [-0.2, 0) is 6.54 Å². The van der Waals surface area contributed by atoms with Crippen LogP contribution < -0.4 is 11.1 Å². The highest BCUT2D eigenvalue weighted by atomic mass is 32.1. The fourth-order valence-corrected chi connectivity index (χ4v) is 3.21. The number of hydrogen-bond acceptors (Lipinski definition) is 4. The van der Waals surface area contributed by atoms with Crippen LogP contribution in [0.15, 0.2) is 18.2 Å². The zero-order valence-electron chi connectivity index (χ0n) is 10.9. The second kappa shape index (κ2) is 4.21. The number of aromatic nitrogens is 1. The second-order valence-electron chi connectivity index (χ2n) is 5.87. The van der Waals surface area contributed by atoms with Gasteiger partial charge in [0.1, 0.15) is 0 Å². The van der Waals surface area contributed by atoms with E-state index < -0.39 is 0 Å². The van der Waals surface area contributed by atoms with E-state index >= 15 is 0 Å². The van der Waals surface area contributed by atoms with E-state index in [-0.39, 0.29) is 0 Å². The molecule has 3 rings (SSSR count). The van der Waals surface area contributed by atoms with E-state index in [9.17, 15) is 0 Å². The van der Waals surface area contributed by atoms with Gasteiger partial charge in [-0.15, -0.1) is 0 Å². The molecular formula is C14H19N3S. The molecule has 1 heterocycles. The fraction of sp³-hybridized carbons (Fsp3) is 0.500. The predicted molar refractivity (Wildman–Crippen MR) is 77.6 cm³/mol. The van der Waals surface area contributed by atoms with E-state index in [0.717, 1.165) is 24.5 Å². The quantitative estimate of drug-likeness (QED) is 0.889. The van der Waals surface area contributed by atoms with Gasteiger partial charge in [-0.2, -0.15) is 0 Å². The molecular weight excluding hydrogens is 242 g/mol. The van der Waals surface area contributed by atoms with Crippen LogP contribution in [0.3, 0.4) is 0 Å². The van der Waals surface area contributed by atoms with E-state index in [1.54, 1.807) is 11.3 Å². The van der Waals surface area contributed by atoms with Crippen LogP contribution in [0.4, 0.5) is 5.13 Å². The molecule has 0 radical (unpaired) electrons. The van der Waals surface area contributed by atoms with Gasteiger partial charge in [-0.1, -0.05) is 31.3 Å². The van der Waals surface area contributed by atoms with Crippen molar-refractivity contribution in [1.29, 1.82) is 0 Å². The Kier molecular flexibility index (Phi) is 2.79. The van der Waals surface area contributed by atoms with Gasteiger partial charge in [0.25, 0.3) is 0 Å². The van der Waals surface area contributed by atoms with Crippen molar-refractivity contribution >= 4 is 26.7 Å². The minimum atomic E-state index is 0.559. The van der Waals surface area contributed by atoms with Crippen molar-refractivity contribution in [2.45, 2.75) is 26.8 Å². The van der Waals surface area contributed by atoms with E-state index in [2.05, 4.69) is 42.3 Å². The average molecular weight is 261 g/mol. The topological polar surface area (TPSA) is 50.9 Å². The molecule has 3 N–H and O–H groups in total. The van der Waals surface area contributed by atoms with Crippen LogP contribution in [0.1, 0.15) is 25.8 Å². The Morgan fingerprint density at radius 1 is 1.50 bits per heavy atom. The number of thiazole rings is 1. The summed E-state index contributed by atoms with van der Waals surface area (Å²) in [5.74, 6) is 0.847. The third kappa shape index (κ3) is 2.35. The molecule has 0 saturated heterocycles. The molecule has 1 aromatic heterocycles. The number of nitrogens with one attached hydrogen (secondary N) is 1. The molecule has 1 aliphatic rings. The Morgan fingerprint density at radius 3 is 3.00 bits per heavy atom. The SMILES string of the molecule is CC1(C)CC1CNCc1ccc2nc(N)sc2c1. The summed E-state index contributed by atoms with van der Waals surface area (Å²) < 4.78 is 1.18. The molecule has 0 spiro atoms. The van der Waals surface area contributed by atoms with Crippen molar-refractivity contribution in [2.75, 3.05) is 12.3 Å². The van der Waals surface area contributed by atoms with Gasteiger partial charge in [0, 0.05) is 6.54 Å². The minimum absolute atomic E-state index is 0.559. The Bertz CT molecular complexity index is 573. The highest BCUT2D eigenvalue weighted by Gasteiger charge is 2.44. The lowest BCUT2D eigenvalue weighted by atomic mass is 10.1. The molecule has 1 fully saturated rings. The van der Waals surface area contributed by atoms with Crippen LogP contribution in [-0.4, -0.2) is 11.5 Å². The van der Waals surface area contributed by atoms with Gasteiger partial charge in [0.05, 0.1) is 10.2 Å². The first-order valence-electron chi connectivity index (χ1n) is 6.40. The third-order valence-electron chi connectivity index (χ3n) is 3.91. The molecule has 1 aromatic carbocycles. The molecule has 0 aliphatic heterocycles. The van der Waals surface area contributed by atoms with Gasteiger partial charge < -0.3 is 11.1 Å². The van der Waals surface area contributed by atoms with E-state index in [1.807, 2.05) is 0 Å². The predicted octanol–water partition coefficient (Wildman–Crippen LogP) is 3.01. The molecule has 2 aromatic rings. The lowest BCUT2D eigenvalue weighted by molar-refractivity contribution is 0.519.